The number of carboxylic acids is 2. The number of rotatable bonds is 4. The normalized spacial score (nSPS) is 12.7. The summed E-state index contributed by atoms with van der Waals surface area (Å²) < 4.78 is 28.5. The molecule has 1 atom stereocenters. The van der Waals surface area contributed by atoms with Gasteiger partial charge in [0.05, 0.1) is 5.97 Å². The van der Waals surface area contributed by atoms with E-state index in [1.807, 2.05) is 0 Å². The van der Waals surface area contributed by atoms with E-state index >= 15 is 0 Å². The van der Waals surface area contributed by atoms with Crippen molar-refractivity contribution >= 4 is 46.0 Å². The number of carboxylic acid groups (broad SMARTS) is 2. The zero-order valence-electron chi connectivity index (χ0n) is 6.30. The predicted molar refractivity (Wildman–Crippen MR) is 38.5 cm³/mol. The topological polar surface area (TPSA) is 135 Å². The van der Waals surface area contributed by atoms with Crippen LogP contribution in [0.1, 0.15) is 6.42 Å². The third kappa shape index (κ3) is 5.82. The van der Waals surface area contributed by atoms with E-state index < -0.39 is 33.7 Å². The summed E-state index contributed by atoms with van der Waals surface area (Å²) in [4.78, 5) is 19.7. The van der Waals surface area contributed by atoms with Crippen molar-refractivity contribution in [1.29, 1.82) is 0 Å². The third-order valence-corrected chi connectivity index (χ3v) is 2.05. The molecule has 13 heavy (non-hydrogen) atoms. The number of carbonyl (C=O) groups is 2. The van der Waals surface area contributed by atoms with Crippen molar-refractivity contribution in [2.45, 2.75) is 11.7 Å². The molecule has 0 aromatic carbocycles. The zero-order chi connectivity index (χ0) is 9.94. The molecule has 0 radical (unpaired) electrons. The van der Waals surface area contributed by atoms with Crippen LogP contribution in [0, 0.1) is 0 Å². The van der Waals surface area contributed by atoms with E-state index in [-0.39, 0.29) is 23.9 Å². The van der Waals surface area contributed by atoms with Gasteiger partial charge in [-0.05, 0) is 0 Å². The maximum atomic E-state index is 10.2. The monoisotopic (exact) mass is 318 g/mol. The molecule has 7 nitrogen and oxygen atoms in total. The van der Waals surface area contributed by atoms with Crippen LogP contribution in [-0.2, 0) is 19.7 Å². The van der Waals surface area contributed by atoms with Crippen LogP contribution >= 0.6 is 0 Å². The molecular formula is C4H6O7SSn. The van der Waals surface area contributed by atoms with Crippen LogP contribution in [0.3, 0.4) is 0 Å². The average molecular weight is 317 g/mol. The average Bonchev–Trinajstić information content (AvgIpc) is 1.79. The summed E-state index contributed by atoms with van der Waals surface area (Å²) >= 11 is 0. The molecule has 1 unspecified atom stereocenters. The standard InChI is InChI=1S/C4H6O7S.Sn.2H/c5-3(6)1-2(4(7)8)12(9,10)11;;;/h2H,1H2,(H,5,6)(H,7,8)(H,9,10,11);;;/q;+2;;/p-2. The van der Waals surface area contributed by atoms with Gasteiger partial charge in [0.25, 0.3) is 10.1 Å². The van der Waals surface area contributed by atoms with Crippen LogP contribution in [-0.4, -0.2) is 54.1 Å². The van der Waals surface area contributed by atoms with E-state index in [4.69, 9.17) is 4.55 Å². The van der Waals surface area contributed by atoms with Gasteiger partial charge in [0.2, 0.25) is 0 Å². The second kappa shape index (κ2) is 5.39. The molecule has 9 heteroatoms. The van der Waals surface area contributed by atoms with Crippen molar-refractivity contribution < 1.29 is 32.8 Å². The Labute approximate surface area is 90.5 Å². The summed E-state index contributed by atoms with van der Waals surface area (Å²) in [5.74, 6) is -4.08. The van der Waals surface area contributed by atoms with Crippen LogP contribution in [0.25, 0.3) is 0 Å². The van der Waals surface area contributed by atoms with Crippen molar-refractivity contribution in [2.24, 2.45) is 0 Å². The van der Waals surface area contributed by atoms with Gasteiger partial charge in [-0.3, -0.25) is 4.55 Å². The predicted octanol–water partition coefficient (Wildman–Crippen LogP) is -4.78. The molecule has 0 spiro atoms. The summed E-state index contributed by atoms with van der Waals surface area (Å²) in [6.07, 6.45) is -1.33. The van der Waals surface area contributed by atoms with Gasteiger partial charge in [-0.15, -0.1) is 0 Å². The van der Waals surface area contributed by atoms with Crippen LogP contribution < -0.4 is 10.2 Å². The van der Waals surface area contributed by atoms with E-state index in [1.54, 1.807) is 0 Å². The first-order valence-corrected chi connectivity index (χ1v) is 4.12. The molecule has 0 aromatic rings. The fourth-order valence-electron chi connectivity index (χ4n) is 0.462. The molecule has 0 bridgehead atoms. The van der Waals surface area contributed by atoms with Gasteiger partial charge in [0.15, 0.2) is 0 Å². The van der Waals surface area contributed by atoms with Crippen molar-refractivity contribution in [3.8, 4) is 0 Å². The van der Waals surface area contributed by atoms with Crippen molar-refractivity contribution in [3.63, 3.8) is 0 Å². The fourth-order valence-corrected chi connectivity index (χ4v) is 1.05. The van der Waals surface area contributed by atoms with Crippen molar-refractivity contribution in [1.82, 2.24) is 0 Å². The number of aliphatic carboxylic acids is 2. The summed E-state index contributed by atoms with van der Waals surface area (Å²) in [5.41, 5.74) is 0. The molecular weight excluding hydrogens is 311 g/mol. The minimum atomic E-state index is -4.94. The van der Waals surface area contributed by atoms with E-state index in [0.29, 0.717) is 0 Å². The van der Waals surface area contributed by atoms with Gasteiger partial charge in [-0.1, -0.05) is 0 Å². The van der Waals surface area contributed by atoms with Crippen LogP contribution in [0.5, 0.6) is 0 Å². The zero-order valence-corrected chi connectivity index (χ0v) is 11.1. The second-order valence-electron chi connectivity index (χ2n) is 1.90. The number of carbonyl (C=O) groups excluding carboxylic acids is 2. The molecule has 0 aliphatic rings. The van der Waals surface area contributed by atoms with Gasteiger partial charge >= 0.3 is 23.9 Å². The maximum absolute atomic E-state index is 10.2. The van der Waals surface area contributed by atoms with E-state index in [2.05, 4.69) is 0 Å². The Bertz CT molecular complexity index is 294. The third-order valence-electron chi connectivity index (χ3n) is 0.975. The first kappa shape index (κ1) is 15.1. The van der Waals surface area contributed by atoms with Crippen LogP contribution in [0.15, 0.2) is 0 Å². The number of hydrogen-bond donors (Lipinski definition) is 1. The Morgan fingerprint density at radius 1 is 1.31 bits per heavy atom. The minimum absolute atomic E-state index is 0. The van der Waals surface area contributed by atoms with E-state index in [1.165, 1.54) is 0 Å². The molecule has 1 N–H and O–H groups in total. The van der Waals surface area contributed by atoms with Gasteiger partial charge in [0.1, 0.15) is 5.25 Å². The van der Waals surface area contributed by atoms with E-state index in [9.17, 15) is 28.2 Å². The molecule has 0 saturated carbocycles. The van der Waals surface area contributed by atoms with Crippen molar-refractivity contribution in [3.05, 3.63) is 0 Å². The van der Waals surface area contributed by atoms with Crippen molar-refractivity contribution in [2.75, 3.05) is 0 Å². The van der Waals surface area contributed by atoms with Crippen LogP contribution in [0.4, 0.5) is 0 Å². The van der Waals surface area contributed by atoms with Gasteiger partial charge in [0, 0.05) is 12.4 Å². The molecule has 0 fully saturated rings. The van der Waals surface area contributed by atoms with Gasteiger partial charge in [-0.25, -0.2) is 0 Å². The molecule has 0 aliphatic heterocycles. The SMILES string of the molecule is O=C([O-])CC(C(=O)[O-])S(=O)(=O)O.[SnH2+2]. The Hall–Kier alpha value is -0.351. The van der Waals surface area contributed by atoms with Gasteiger partial charge in [-0.2, -0.15) is 8.42 Å². The molecule has 0 heterocycles. The summed E-state index contributed by atoms with van der Waals surface area (Å²) in [6, 6.07) is 0. The number of hydrogen-bond acceptors (Lipinski definition) is 6. The summed E-state index contributed by atoms with van der Waals surface area (Å²) in [6.45, 7) is 0. The Kier molecular flexibility index (Phi) is 6.28. The van der Waals surface area contributed by atoms with Crippen LogP contribution in [0.2, 0.25) is 0 Å². The fraction of sp³-hybridized carbons (Fsp3) is 0.500. The second-order valence-corrected chi connectivity index (χ2v) is 3.50. The molecule has 0 amide bonds. The summed E-state index contributed by atoms with van der Waals surface area (Å²) in [5, 5.41) is 17.3. The Balaban J connectivity index is 0. The molecule has 74 valence electrons. The molecule has 0 aromatic heterocycles. The van der Waals surface area contributed by atoms with E-state index in [0.717, 1.165) is 0 Å². The van der Waals surface area contributed by atoms with Gasteiger partial charge < -0.3 is 19.8 Å². The Morgan fingerprint density at radius 2 is 1.69 bits per heavy atom. The Morgan fingerprint density at radius 3 is 1.77 bits per heavy atom. The summed E-state index contributed by atoms with van der Waals surface area (Å²) in [7, 11) is -4.94. The molecule has 0 rings (SSSR count). The quantitative estimate of drug-likeness (QED) is 0.406. The first-order valence-electron chi connectivity index (χ1n) is 2.62. The molecule has 0 saturated heterocycles. The first-order chi connectivity index (χ1) is 5.25. The molecule has 0 aliphatic carbocycles.